The Bertz CT molecular complexity index is 605. The summed E-state index contributed by atoms with van der Waals surface area (Å²) in [6.07, 6.45) is 3.07. The molecule has 0 bridgehead atoms. The Kier molecular flexibility index (Phi) is 5.53. The molecule has 0 aliphatic heterocycles. The standard InChI is InChI=1S/C16H18ClFN2O/c1-11(2)20-7-12-3-4-16(18)13(5-12)10-21-15-6-14(17)8-19-9-15/h3-6,8-9,11,20H,7,10H2,1-2H3. The number of halogens is 2. The van der Waals surface area contributed by atoms with Crippen LogP contribution in [0.25, 0.3) is 0 Å². The van der Waals surface area contributed by atoms with Crippen LogP contribution in [0.2, 0.25) is 5.02 Å². The van der Waals surface area contributed by atoms with Crippen LogP contribution in [0.15, 0.2) is 36.7 Å². The van der Waals surface area contributed by atoms with E-state index in [0.717, 1.165) is 5.56 Å². The molecule has 0 fully saturated rings. The van der Waals surface area contributed by atoms with E-state index in [0.29, 0.717) is 28.9 Å². The molecule has 0 atom stereocenters. The van der Waals surface area contributed by atoms with E-state index in [2.05, 4.69) is 24.1 Å². The van der Waals surface area contributed by atoms with Gasteiger partial charge in [0.2, 0.25) is 0 Å². The van der Waals surface area contributed by atoms with E-state index in [4.69, 9.17) is 16.3 Å². The number of ether oxygens (including phenoxy) is 1. The van der Waals surface area contributed by atoms with Crippen LogP contribution in [0.5, 0.6) is 5.75 Å². The average Bonchev–Trinajstić information content (AvgIpc) is 2.45. The summed E-state index contributed by atoms with van der Waals surface area (Å²) in [5.41, 5.74) is 1.53. The molecule has 0 saturated carbocycles. The third-order valence-electron chi connectivity index (χ3n) is 2.90. The van der Waals surface area contributed by atoms with Gasteiger partial charge in [0, 0.05) is 30.4 Å². The molecule has 0 saturated heterocycles. The van der Waals surface area contributed by atoms with Crippen molar-refractivity contribution in [2.24, 2.45) is 0 Å². The SMILES string of the molecule is CC(C)NCc1ccc(F)c(COc2cncc(Cl)c2)c1. The minimum Gasteiger partial charge on any atom is -0.487 e. The van der Waals surface area contributed by atoms with Crippen molar-refractivity contribution >= 4 is 11.6 Å². The highest BCUT2D eigenvalue weighted by atomic mass is 35.5. The lowest BCUT2D eigenvalue weighted by Crippen LogP contribution is -2.21. The van der Waals surface area contributed by atoms with Crippen LogP contribution in [0, 0.1) is 5.82 Å². The minimum absolute atomic E-state index is 0.142. The number of hydrogen-bond acceptors (Lipinski definition) is 3. The van der Waals surface area contributed by atoms with E-state index in [-0.39, 0.29) is 12.4 Å². The molecule has 0 aliphatic rings. The van der Waals surface area contributed by atoms with Crippen molar-refractivity contribution < 1.29 is 9.13 Å². The second-order valence-corrected chi connectivity index (χ2v) is 5.53. The maximum absolute atomic E-state index is 13.8. The first kappa shape index (κ1) is 15.7. The summed E-state index contributed by atoms with van der Waals surface area (Å²) in [6, 6.07) is 7.08. The molecule has 3 nitrogen and oxygen atoms in total. The lowest BCUT2D eigenvalue weighted by Gasteiger charge is -2.11. The van der Waals surface area contributed by atoms with Crippen molar-refractivity contribution in [3.8, 4) is 5.75 Å². The highest BCUT2D eigenvalue weighted by Gasteiger charge is 2.06. The second kappa shape index (κ2) is 7.38. The Morgan fingerprint density at radius 2 is 2.10 bits per heavy atom. The largest absolute Gasteiger partial charge is 0.487 e. The third kappa shape index (κ3) is 4.99. The minimum atomic E-state index is -0.279. The van der Waals surface area contributed by atoms with E-state index in [1.54, 1.807) is 18.3 Å². The summed E-state index contributed by atoms with van der Waals surface area (Å²) >= 11 is 5.83. The first-order valence-corrected chi connectivity index (χ1v) is 7.16. The zero-order valence-electron chi connectivity index (χ0n) is 12.1. The second-order valence-electron chi connectivity index (χ2n) is 5.09. The predicted octanol–water partition coefficient (Wildman–Crippen LogP) is 3.95. The summed E-state index contributed by atoms with van der Waals surface area (Å²) in [6.45, 7) is 4.98. The predicted molar refractivity (Wildman–Crippen MR) is 82.0 cm³/mol. The van der Waals surface area contributed by atoms with E-state index in [9.17, 15) is 4.39 Å². The van der Waals surface area contributed by atoms with Crippen molar-refractivity contribution in [1.82, 2.24) is 10.3 Å². The van der Waals surface area contributed by atoms with E-state index in [1.165, 1.54) is 12.3 Å². The number of pyridine rings is 1. The fourth-order valence-corrected chi connectivity index (χ4v) is 1.97. The van der Waals surface area contributed by atoms with Gasteiger partial charge in [0.05, 0.1) is 11.2 Å². The molecular formula is C16H18ClFN2O. The van der Waals surface area contributed by atoms with Crippen molar-refractivity contribution in [2.75, 3.05) is 0 Å². The molecule has 0 aliphatic carbocycles. The third-order valence-corrected chi connectivity index (χ3v) is 3.11. The number of nitrogens with zero attached hydrogens (tertiary/aromatic N) is 1. The molecule has 1 heterocycles. The van der Waals surface area contributed by atoms with Crippen LogP contribution in [-0.4, -0.2) is 11.0 Å². The van der Waals surface area contributed by atoms with Gasteiger partial charge in [-0.1, -0.05) is 31.5 Å². The van der Waals surface area contributed by atoms with E-state index < -0.39 is 0 Å². The van der Waals surface area contributed by atoms with Crippen molar-refractivity contribution in [3.05, 3.63) is 58.6 Å². The maximum Gasteiger partial charge on any atom is 0.139 e. The molecule has 2 rings (SSSR count). The molecule has 21 heavy (non-hydrogen) atoms. The first-order chi connectivity index (χ1) is 10.0. The van der Waals surface area contributed by atoms with Gasteiger partial charge >= 0.3 is 0 Å². The van der Waals surface area contributed by atoms with Crippen LogP contribution < -0.4 is 10.1 Å². The Labute approximate surface area is 129 Å². The molecule has 0 amide bonds. The van der Waals surface area contributed by atoms with Gasteiger partial charge in [-0.3, -0.25) is 4.98 Å². The maximum atomic E-state index is 13.8. The van der Waals surface area contributed by atoms with Gasteiger partial charge in [0.15, 0.2) is 0 Å². The van der Waals surface area contributed by atoms with E-state index >= 15 is 0 Å². The number of nitrogens with one attached hydrogen (secondary N) is 1. The van der Waals surface area contributed by atoms with Gasteiger partial charge in [-0.05, 0) is 17.7 Å². The van der Waals surface area contributed by atoms with Gasteiger partial charge in [-0.2, -0.15) is 0 Å². The van der Waals surface area contributed by atoms with Crippen LogP contribution in [-0.2, 0) is 13.2 Å². The molecule has 0 unspecified atom stereocenters. The summed E-state index contributed by atoms with van der Waals surface area (Å²) in [4.78, 5) is 3.92. The summed E-state index contributed by atoms with van der Waals surface area (Å²) < 4.78 is 19.3. The molecule has 0 spiro atoms. The molecule has 5 heteroatoms. The fraction of sp³-hybridized carbons (Fsp3) is 0.312. The van der Waals surface area contributed by atoms with Crippen LogP contribution in [0.4, 0.5) is 4.39 Å². The lowest BCUT2D eigenvalue weighted by molar-refractivity contribution is 0.298. The Morgan fingerprint density at radius 3 is 2.81 bits per heavy atom. The normalized spacial score (nSPS) is 10.9. The number of benzene rings is 1. The van der Waals surface area contributed by atoms with Crippen molar-refractivity contribution in [2.45, 2.75) is 33.0 Å². The summed E-state index contributed by atoms with van der Waals surface area (Å²) in [5.74, 6) is 0.242. The van der Waals surface area contributed by atoms with Gasteiger partial charge in [-0.25, -0.2) is 4.39 Å². The van der Waals surface area contributed by atoms with Crippen molar-refractivity contribution in [3.63, 3.8) is 0 Å². The zero-order chi connectivity index (χ0) is 15.2. The quantitative estimate of drug-likeness (QED) is 0.877. The Balaban J connectivity index is 2.03. The summed E-state index contributed by atoms with van der Waals surface area (Å²) in [7, 11) is 0. The molecule has 1 aromatic heterocycles. The average molecular weight is 309 g/mol. The van der Waals surface area contributed by atoms with Crippen LogP contribution >= 0.6 is 11.6 Å². The highest BCUT2D eigenvalue weighted by Crippen LogP contribution is 2.18. The van der Waals surface area contributed by atoms with Crippen molar-refractivity contribution in [1.29, 1.82) is 0 Å². The lowest BCUT2D eigenvalue weighted by atomic mass is 10.1. The zero-order valence-corrected chi connectivity index (χ0v) is 12.8. The smallest absolute Gasteiger partial charge is 0.139 e. The molecule has 0 radical (unpaired) electrons. The Morgan fingerprint density at radius 1 is 1.29 bits per heavy atom. The summed E-state index contributed by atoms with van der Waals surface area (Å²) in [5, 5.41) is 3.79. The van der Waals surface area contributed by atoms with Gasteiger partial charge in [0.25, 0.3) is 0 Å². The van der Waals surface area contributed by atoms with Crippen LogP contribution in [0.3, 0.4) is 0 Å². The highest BCUT2D eigenvalue weighted by molar-refractivity contribution is 6.30. The topological polar surface area (TPSA) is 34.1 Å². The molecule has 1 N–H and O–H groups in total. The monoisotopic (exact) mass is 308 g/mol. The molecule has 112 valence electrons. The number of hydrogen-bond donors (Lipinski definition) is 1. The molecular weight excluding hydrogens is 291 g/mol. The number of rotatable bonds is 6. The Hall–Kier alpha value is -1.65. The molecule has 1 aromatic carbocycles. The van der Waals surface area contributed by atoms with Crippen LogP contribution in [0.1, 0.15) is 25.0 Å². The van der Waals surface area contributed by atoms with Gasteiger partial charge < -0.3 is 10.1 Å². The van der Waals surface area contributed by atoms with Gasteiger partial charge in [0.1, 0.15) is 18.2 Å². The van der Waals surface area contributed by atoms with Gasteiger partial charge in [-0.15, -0.1) is 0 Å². The van der Waals surface area contributed by atoms with E-state index in [1.807, 2.05) is 6.07 Å². The number of aromatic nitrogens is 1. The molecule has 2 aromatic rings. The first-order valence-electron chi connectivity index (χ1n) is 6.78. The fourth-order valence-electron chi connectivity index (χ4n) is 1.80.